The molecular weight excluding hydrogens is 474 g/mol. The minimum absolute atomic E-state index is 0. The van der Waals surface area contributed by atoms with E-state index in [4.69, 9.17) is 4.74 Å². The van der Waals surface area contributed by atoms with E-state index in [9.17, 15) is 18.4 Å². The first-order valence-electron chi connectivity index (χ1n) is 12.3. The smallest absolute Gasteiger partial charge is 0.313 e. The first-order chi connectivity index (χ1) is 17.7. The monoisotopic (exact) mass is 506 g/mol. The molecule has 5 nitrogen and oxygen atoms in total. The minimum Gasteiger partial charge on any atom is -0.426 e. The minimum atomic E-state index is -0.961. The maximum atomic E-state index is 13.7. The third kappa shape index (κ3) is 5.71. The van der Waals surface area contributed by atoms with Gasteiger partial charge in [0.15, 0.2) is 11.6 Å². The fraction of sp³-hybridized carbons (Fsp3) is 0.267. The summed E-state index contributed by atoms with van der Waals surface area (Å²) in [6.07, 6.45) is 0. The lowest BCUT2D eigenvalue weighted by Gasteiger charge is -2.16. The van der Waals surface area contributed by atoms with Crippen LogP contribution in [0.25, 0.3) is 10.9 Å². The molecule has 0 aliphatic heterocycles. The van der Waals surface area contributed by atoms with Crippen molar-refractivity contribution in [1.82, 2.24) is 9.88 Å². The van der Waals surface area contributed by atoms with Gasteiger partial charge in [-0.05, 0) is 41.3 Å². The van der Waals surface area contributed by atoms with Gasteiger partial charge in [0, 0.05) is 31.7 Å². The van der Waals surface area contributed by atoms with E-state index in [0.717, 1.165) is 28.9 Å². The summed E-state index contributed by atoms with van der Waals surface area (Å²) in [4.78, 5) is 25.8. The summed E-state index contributed by atoms with van der Waals surface area (Å²) in [6, 6.07) is 18.7. The average molecular weight is 507 g/mol. The van der Waals surface area contributed by atoms with Crippen molar-refractivity contribution in [3.63, 3.8) is 0 Å². The molecule has 194 valence electrons. The lowest BCUT2D eigenvalue weighted by Crippen LogP contribution is -2.24. The number of nitrogens with zero attached hydrogens (tertiary/aromatic N) is 1. The Morgan fingerprint density at radius 1 is 0.919 bits per heavy atom. The predicted octanol–water partition coefficient (Wildman–Crippen LogP) is 6.83. The summed E-state index contributed by atoms with van der Waals surface area (Å²) in [6.45, 7) is 8.13. The first kappa shape index (κ1) is 26.1. The number of hydrogen-bond acceptors (Lipinski definition) is 3. The molecule has 37 heavy (non-hydrogen) atoms. The Morgan fingerprint density at radius 3 is 2.30 bits per heavy atom. The number of amides is 1. The maximum absolute atomic E-state index is 13.7. The van der Waals surface area contributed by atoms with E-state index < -0.39 is 11.6 Å². The molecule has 0 atom stereocenters. The highest BCUT2D eigenvalue weighted by Gasteiger charge is 2.25. The second-order valence-corrected chi connectivity index (χ2v) is 9.67. The van der Waals surface area contributed by atoms with E-state index >= 15 is 0 Å². The molecule has 1 heterocycles. The third-order valence-corrected chi connectivity index (χ3v) is 6.16. The van der Waals surface area contributed by atoms with E-state index in [1.54, 1.807) is 32.0 Å². The predicted molar refractivity (Wildman–Crippen MR) is 142 cm³/mol. The third-order valence-electron chi connectivity index (χ3n) is 6.16. The number of aromatic nitrogens is 1. The molecule has 0 radical (unpaired) electrons. The van der Waals surface area contributed by atoms with Crippen LogP contribution in [0.2, 0.25) is 0 Å². The zero-order valence-corrected chi connectivity index (χ0v) is 21.3. The topological polar surface area (TPSA) is 60.3 Å². The average Bonchev–Trinajstić information content (AvgIpc) is 3.18. The van der Waals surface area contributed by atoms with Crippen molar-refractivity contribution in [2.24, 2.45) is 5.92 Å². The zero-order valence-electron chi connectivity index (χ0n) is 21.3. The van der Waals surface area contributed by atoms with Crippen molar-refractivity contribution in [2.75, 3.05) is 0 Å². The van der Waals surface area contributed by atoms with Crippen LogP contribution in [0, 0.1) is 17.6 Å². The Morgan fingerprint density at radius 2 is 1.65 bits per heavy atom. The summed E-state index contributed by atoms with van der Waals surface area (Å²) in [7, 11) is 0. The molecule has 0 unspecified atom stereocenters. The quantitative estimate of drug-likeness (QED) is 0.211. The van der Waals surface area contributed by atoms with Gasteiger partial charge in [0.05, 0.1) is 17.0 Å². The van der Waals surface area contributed by atoms with Crippen LogP contribution in [-0.2, 0) is 17.9 Å². The van der Waals surface area contributed by atoms with Gasteiger partial charge >= 0.3 is 5.97 Å². The number of nitrogens with one attached hydrogen (secondary N) is 1. The number of fused-ring (bicyclic) bond motifs is 1. The van der Waals surface area contributed by atoms with Crippen LogP contribution >= 0.6 is 0 Å². The van der Waals surface area contributed by atoms with Gasteiger partial charge in [-0.15, -0.1) is 0 Å². The molecular formula is C30H32F2N2O3. The molecule has 0 bridgehead atoms. The summed E-state index contributed by atoms with van der Waals surface area (Å²) < 4.78 is 34.6. The highest BCUT2D eigenvalue weighted by atomic mass is 19.2. The highest BCUT2D eigenvalue weighted by molar-refractivity contribution is 6.09. The van der Waals surface area contributed by atoms with Gasteiger partial charge in [0.2, 0.25) is 0 Å². The molecule has 0 saturated heterocycles. The molecule has 4 aromatic rings. The maximum Gasteiger partial charge on any atom is 0.313 e. The Labute approximate surface area is 216 Å². The van der Waals surface area contributed by atoms with E-state index in [0.29, 0.717) is 28.8 Å². The first-order valence-corrected chi connectivity index (χ1v) is 12.3. The number of halogens is 2. The second kappa shape index (κ2) is 10.9. The van der Waals surface area contributed by atoms with Crippen molar-refractivity contribution in [1.29, 1.82) is 0 Å². The lowest BCUT2D eigenvalue weighted by molar-refractivity contribution is -0.137. The molecule has 0 aliphatic rings. The van der Waals surface area contributed by atoms with Crippen LogP contribution in [0.4, 0.5) is 8.78 Å². The molecule has 1 aromatic heterocycles. The molecule has 0 saturated carbocycles. The zero-order chi connectivity index (χ0) is 26.7. The molecule has 4 rings (SSSR count). The van der Waals surface area contributed by atoms with Crippen LogP contribution in [0.1, 0.15) is 62.2 Å². The van der Waals surface area contributed by atoms with Gasteiger partial charge in [-0.1, -0.05) is 64.1 Å². The largest absolute Gasteiger partial charge is 0.426 e. The van der Waals surface area contributed by atoms with E-state index in [1.165, 1.54) is 6.07 Å². The van der Waals surface area contributed by atoms with Crippen molar-refractivity contribution in [2.45, 2.75) is 46.7 Å². The van der Waals surface area contributed by atoms with Gasteiger partial charge in [-0.2, -0.15) is 0 Å². The Hall–Kier alpha value is -4.00. The summed E-state index contributed by atoms with van der Waals surface area (Å²) >= 11 is 0. The van der Waals surface area contributed by atoms with Crippen LogP contribution in [-0.4, -0.2) is 16.4 Å². The van der Waals surface area contributed by atoms with Gasteiger partial charge in [-0.3, -0.25) is 9.59 Å². The lowest BCUT2D eigenvalue weighted by atomic mass is 10.0. The van der Waals surface area contributed by atoms with Gasteiger partial charge in [-0.25, -0.2) is 8.78 Å². The van der Waals surface area contributed by atoms with Crippen molar-refractivity contribution in [3.8, 4) is 5.75 Å². The molecule has 1 amide bonds. The van der Waals surface area contributed by atoms with Crippen LogP contribution in [0.5, 0.6) is 5.75 Å². The summed E-state index contributed by atoms with van der Waals surface area (Å²) in [5, 5.41) is 3.58. The number of esters is 1. The van der Waals surface area contributed by atoms with E-state index in [-0.39, 0.29) is 31.7 Å². The number of benzene rings is 3. The van der Waals surface area contributed by atoms with Crippen molar-refractivity contribution < 1.29 is 24.5 Å². The number of carbonyl (C=O) groups excluding carboxylic acids is 2. The Kier molecular flexibility index (Phi) is 7.71. The Balaban J connectivity index is 0.00000400. The SMILES string of the molecule is CC(C)C(=O)Oc1ccc2c(C(=O)NCc3ccc(F)c(F)c3)c(C(C)C)n(Cc3ccccc3)c2c1.[HH]. The summed E-state index contributed by atoms with van der Waals surface area (Å²) in [5.74, 6) is -2.45. The number of carbonyl (C=O) groups is 2. The van der Waals surface area contributed by atoms with Gasteiger partial charge in [0.25, 0.3) is 5.91 Å². The van der Waals surface area contributed by atoms with E-state index in [2.05, 4.69) is 9.88 Å². The van der Waals surface area contributed by atoms with Crippen LogP contribution in [0.15, 0.2) is 66.7 Å². The molecule has 0 aliphatic carbocycles. The fourth-order valence-electron chi connectivity index (χ4n) is 4.34. The molecule has 1 N–H and O–H groups in total. The van der Waals surface area contributed by atoms with Gasteiger partial charge < -0.3 is 14.6 Å². The molecule has 0 spiro atoms. The normalized spacial score (nSPS) is 11.4. The van der Waals surface area contributed by atoms with Crippen molar-refractivity contribution >= 4 is 22.8 Å². The molecule has 7 heteroatoms. The molecule has 0 fully saturated rings. The van der Waals surface area contributed by atoms with Crippen LogP contribution in [0.3, 0.4) is 0 Å². The Bertz CT molecular complexity index is 1450. The van der Waals surface area contributed by atoms with Crippen molar-refractivity contribution in [3.05, 3.63) is 101 Å². The molecule has 3 aromatic carbocycles. The number of rotatable bonds is 8. The summed E-state index contributed by atoms with van der Waals surface area (Å²) in [5.41, 5.74) is 3.60. The van der Waals surface area contributed by atoms with Gasteiger partial charge in [0.1, 0.15) is 5.75 Å². The van der Waals surface area contributed by atoms with E-state index in [1.807, 2.05) is 44.2 Å². The van der Waals surface area contributed by atoms with Crippen LogP contribution < -0.4 is 10.1 Å². The second-order valence-electron chi connectivity index (χ2n) is 9.67. The highest BCUT2D eigenvalue weighted by Crippen LogP contribution is 2.34. The number of ether oxygens (including phenoxy) is 1. The number of hydrogen-bond donors (Lipinski definition) is 1. The fourth-order valence-corrected chi connectivity index (χ4v) is 4.34. The standard InChI is InChI=1S/C30H30F2N2O3.H2/c1-18(2)28-27(29(35)33-16-21-10-13-24(31)25(32)14-21)23-12-11-22(37-30(36)19(3)4)15-26(23)34(28)17-20-8-6-5-7-9-20;/h5-15,18-19H,16-17H2,1-4H3,(H,33,35);1H.